The molecule has 0 aromatic heterocycles. The summed E-state index contributed by atoms with van der Waals surface area (Å²) in [6, 6.07) is 4.73. The van der Waals surface area contributed by atoms with Gasteiger partial charge < -0.3 is 19.7 Å². The molecule has 18 heavy (non-hydrogen) atoms. The van der Waals surface area contributed by atoms with Crippen molar-refractivity contribution in [2.24, 2.45) is 0 Å². The van der Waals surface area contributed by atoms with Crippen molar-refractivity contribution in [2.75, 3.05) is 7.11 Å². The molecule has 0 aliphatic heterocycles. The number of aliphatic carboxylic acids is 1. The lowest BCUT2D eigenvalue weighted by Crippen LogP contribution is -2.29. The Morgan fingerprint density at radius 3 is 2.56 bits per heavy atom. The average Bonchev–Trinajstić information content (AvgIpc) is 2.29. The van der Waals surface area contributed by atoms with E-state index in [1.807, 2.05) is 0 Å². The SMILES string of the molecule is COc1cc(CC(OC(C)C)C(=O)O)ccc1O. The Bertz CT molecular complexity index is 414. The summed E-state index contributed by atoms with van der Waals surface area (Å²) in [6.45, 7) is 3.57. The van der Waals surface area contributed by atoms with Crippen LogP contribution in [-0.2, 0) is 16.0 Å². The Hall–Kier alpha value is -1.75. The molecule has 5 nitrogen and oxygen atoms in total. The molecular formula is C13H18O5. The van der Waals surface area contributed by atoms with Gasteiger partial charge in [-0.25, -0.2) is 4.79 Å². The normalized spacial score (nSPS) is 12.4. The molecule has 0 saturated carbocycles. The van der Waals surface area contributed by atoms with Gasteiger partial charge in [0.05, 0.1) is 13.2 Å². The highest BCUT2D eigenvalue weighted by atomic mass is 16.5. The molecule has 1 rings (SSSR count). The first kappa shape index (κ1) is 14.3. The molecule has 1 atom stereocenters. The average molecular weight is 254 g/mol. The van der Waals surface area contributed by atoms with Crippen molar-refractivity contribution in [1.29, 1.82) is 0 Å². The monoisotopic (exact) mass is 254 g/mol. The molecule has 1 aromatic carbocycles. The van der Waals surface area contributed by atoms with Crippen LogP contribution in [0.15, 0.2) is 18.2 Å². The van der Waals surface area contributed by atoms with E-state index < -0.39 is 12.1 Å². The minimum atomic E-state index is -1.00. The van der Waals surface area contributed by atoms with E-state index in [-0.39, 0.29) is 18.3 Å². The summed E-state index contributed by atoms with van der Waals surface area (Å²) < 4.78 is 10.3. The number of phenolic OH excluding ortho intramolecular Hbond substituents is 1. The number of methoxy groups -OCH3 is 1. The molecule has 0 spiro atoms. The highest BCUT2D eigenvalue weighted by Gasteiger charge is 2.20. The predicted octanol–water partition coefficient (Wildman–Crippen LogP) is 1.82. The first-order chi connectivity index (χ1) is 8.43. The van der Waals surface area contributed by atoms with Crippen molar-refractivity contribution >= 4 is 5.97 Å². The summed E-state index contributed by atoms with van der Waals surface area (Å²) in [5.74, 6) is -0.658. The van der Waals surface area contributed by atoms with Crippen LogP contribution in [0.4, 0.5) is 0 Å². The van der Waals surface area contributed by atoms with E-state index in [0.717, 1.165) is 5.56 Å². The maximum Gasteiger partial charge on any atom is 0.333 e. The van der Waals surface area contributed by atoms with E-state index in [1.165, 1.54) is 13.2 Å². The smallest absolute Gasteiger partial charge is 0.333 e. The Morgan fingerprint density at radius 2 is 2.06 bits per heavy atom. The second-order valence-electron chi connectivity index (χ2n) is 4.22. The van der Waals surface area contributed by atoms with Crippen molar-refractivity contribution < 1.29 is 24.5 Å². The lowest BCUT2D eigenvalue weighted by molar-refractivity contribution is -0.153. The van der Waals surface area contributed by atoms with Gasteiger partial charge in [-0.1, -0.05) is 6.07 Å². The zero-order chi connectivity index (χ0) is 13.7. The minimum absolute atomic E-state index is 0.0258. The number of carbonyl (C=O) groups is 1. The zero-order valence-electron chi connectivity index (χ0n) is 10.7. The summed E-state index contributed by atoms with van der Waals surface area (Å²) in [5, 5.41) is 18.5. The number of carboxylic acids is 1. The van der Waals surface area contributed by atoms with Crippen LogP contribution in [-0.4, -0.2) is 35.5 Å². The van der Waals surface area contributed by atoms with Gasteiger partial charge in [0.2, 0.25) is 0 Å². The third kappa shape index (κ3) is 3.92. The van der Waals surface area contributed by atoms with Gasteiger partial charge in [0.15, 0.2) is 17.6 Å². The van der Waals surface area contributed by atoms with E-state index in [9.17, 15) is 9.90 Å². The Labute approximate surface area is 106 Å². The number of hydrogen-bond acceptors (Lipinski definition) is 4. The van der Waals surface area contributed by atoms with Crippen molar-refractivity contribution in [1.82, 2.24) is 0 Å². The molecule has 0 bridgehead atoms. The predicted molar refractivity (Wildman–Crippen MR) is 66.0 cm³/mol. The van der Waals surface area contributed by atoms with Crippen LogP contribution >= 0.6 is 0 Å². The van der Waals surface area contributed by atoms with E-state index in [0.29, 0.717) is 5.75 Å². The largest absolute Gasteiger partial charge is 0.504 e. The standard InChI is InChI=1S/C13H18O5/c1-8(2)18-12(13(15)16)7-9-4-5-10(14)11(6-9)17-3/h4-6,8,12,14H,7H2,1-3H3,(H,15,16). The number of aromatic hydroxyl groups is 1. The third-order valence-electron chi connectivity index (χ3n) is 2.38. The van der Waals surface area contributed by atoms with Crippen LogP contribution in [0.3, 0.4) is 0 Å². The Kier molecular flexibility index (Phi) is 4.97. The lowest BCUT2D eigenvalue weighted by Gasteiger charge is -2.17. The fourth-order valence-corrected chi connectivity index (χ4v) is 1.59. The molecule has 0 fully saturated rings. The number of carboxylic acid groups (broad SMARTS) is 1. The van der Waals surface area contributed by atoms with Crippen LogP contribution in [0.2, 0.25) is 0 Å². The van der Waals surface area contributed by atoms with Crippen molar-refractivity contribution in [3.63, 3.8) is 0 Å². The van der Waals surface area contributed by atoms with Crippen LogP contribution in [0, 0.1) is 0 Å². The van der Waals surface area contributed by atoms with Gasteiger partial charge >= 0.3 is 5.97 Å². The molecule has 0 heterocycles. The van der Waals surface area contributed by atoms with Crippen molar-refractivity contribution in [3.05, 3.63) is 23.8 Å². The molecule has 100 valence electrons. The zero-order valence-corrected chi connectivity index (χ0v) is 10.7. The molecule has 0 aliphatic rings. The Morgan fingerprint density at radius 1 is 1.39 bits per heavy atom. The summed E-state index contributed by atoms with van der Waals surface area (Å²) in [7, 11) is 1.44. The summed E-state index contributed by atoms with van der Waals surface area (Å²) >= 11 is 0. The van der Waals surface area contributed by atoms with E-state index in [1.54, 1.807) is 26.0 Å². The molecule has 1 unspecified atom stereocenters. The number of ether oxygens (including phenoxy) is 2. The topological polar surface area (TPSA) is 76.0 Å². The van der Waals surface area contributed by atoms with Gasteiger partial charge in [-0.15, -0.1) is 0 Å². The summed E-state index contributed by atoms with van der Waals surface area (Å²) in [5.41, 5.74) is 0.734. The lowest BCUT2D eigenvalue weighted by atomic mass is 10.1. The second-order valence-corrected chi connectivity index (χ2v) is 4.22. The first-order valence-electron chi connectivity index (χ1n) is 5.68. The molecule has 0 amide bonds. The summed E-state index contributed by atoms with van der Waals surface area (Å²) in [6.07, 6.45) is -0.839. The van der Waals surface area contributed by atoms with Crippen LogP contribution in [0.25, 0.3) is 0 Å². The number of hydrogen-bond donors (Lipinski definition) is 2. The van der Waals surface area contributed by atoms with Crippen LogP contribution < -0.4 is 4.74 Å². The number of rotatable bonds is 6. The minimum Gasteiger partial charge on any atom is -0.504 e. The van der Waals surface area contributed by atoms with Crippen LogP contribution in [0.5, 0.6) is 11.5 Å². The van der Waals surface area contributed by atoms with Gasteiger partial charge in [0.1, 0.15) is 0 Å². The van der Waals surface area contributed by atoms with Crippen LogP contribution in [0.1, 0.15) is 19.4 Å². The molecule has 5 heteroatoms. The fraction of sp³-hybridized carbons (Fsp3) is 0.462. The maximum absolute atomic E-state index is 11.1. The van der Waals surface area contributed by atoms with Gasteiger partial charge in [0, 0.05) is 6.42 Å². The van der Waals surface area contributed by atoms with E-state index in [4.69, 9.17) is 14.6 Å². The van der Waals surface area contributed by atoms with Crippen molar-refractivity contribution in [3.8, 4) is 11.5 Å². The highest BCUT2D eigenvalue weighted by molar-refractivity contribution is 5.72. The third-order valence-corrected chi connectivity index (χ3v) is 2.38. The molecule has 1 aromatic rings. The molecule has 2 N–H and O–H groups in total. The quantitative estimate of drug-likeness (QED) is 0.809. The molecule has 0 aliphatic carbocycles. The summed E-state index contributed by atoms with van der Waals surface area (Å²) in [4.78, 5) is 11.1. The van der Waals surface area contributed by atoms with Gasteiger partial charge in [0.25, 0.3) is 0 Å². The fourth-order valence-electron chi connectivity index (χ4n) is 1.59. The number of phenols is 1. The molecule has 0 saturated heterocycles. The molecule has 0 radical (unpaired) electrons. The second kappa shape index (κ2) is 6.26. The Balaban J connectivity index is 2.83. The first-order valence-corrected chi connectivity index (χ1v) is 5.68. The molecular weight excluding hydrogens is 236 g/mol. The number of benzene rings is 1. The van der Waals surface area contributed by atoms with E-state index in [2.05, 4.69) is 0 Å². The highest BCUT2D eigenvalue weighted by Crippen LogP contribution is 2.27. The van der Waals surface area contributed by atoms with Gasteiger partial charge in [-0.2, -0.15) is 0 Å². The van der Waals surface area contributed by atoms with Gasteiger partial charge in [-0.05, 0) is 31.5 Å². The van der Waals surface area contributed by atoms with Crippen molar-refractivity contribution in [2.45, 2.75) is 32.5 Å². The maximum atomic E-state index is 11.1. The van der Waals surface area contributed by atoms with Gasteiger partial charge in [-0.3, -0.25) is 0 Å². The van der Waals surface area contributed by atoms with E-state index >= 15 is 0 Å².